The maximum atomic E-state index is 12.5. The Labute approximate surface area is 219 Å². The second-order valence-electron chi connectivity index (χ2n) is 9.45. The van der Waals surface area contributed by atoms with Crippen LogP contribution >= 0.6 is 0 Å². The number of nitrogens with one attached hydrogen (secondary N) is 1. The maximum absolute atomic E-state index is 12.5. The molecule has 1 amide bonds. The molecule has 0 unspecified atom stereocenters. The molecule has 0 spiro atoms. The average molecular weight is 488 g/mol. The summed E-state index contributed by atoms with van der Waals surface area (Å²) in [7, 11) is 0. The number of benzene rings is 4. The largest absolute Gasteiger partial charge is 0.356 e. The molecular weight excluding hydrogens is 454 g/mol. The summed E-state index contributed by atoms with van der Waals surface area (Å²) in [5.74, 6) is 1.16. The van der Waals surface area contributed by atoms with Gasteiger partial charge in [-0.3, -0.25) is 4.79 Å². The van der Waals surface area contributed by atoms with Crippen molar-refractivity contribution in [2.45, 2.75) is 38.6 Å². The smallest absolute Gasteiger partial charge is 0.224 e. The van der Waals surface area contributed by atoms with Crippen molar-refractivity contribution in [1.82, 2.24) is 14.9 Å². The first-order valence-electron chi connectivity index (χ1n) is 13.2. The van der Waals surface area contributed by atoms with Gasteiger partial charge < -0.3 is 9.88 Å². The van der Waals surface area contributed by atoms with Gasteiger partial charge in [-0.15, -0.1) is 0 Å². The van der Waals surface area contributed by atoms with Crippen LogP contribution in [-0.4, -0.2) is 22.0 Å². The molecule has 4 nitrogen and oxygen atoms in total. The molecule has 0 aliphatic rings. The van der Waals surface area contributed by atoms with Crippen LogP contribution in [-0.2, 0) is 30.6 Å². The Morgan fingerprint density at radius 1 is 0.676 bits per heavy atom. The summed E-state index contributed by atoms with van der Waals surface area (Å²) in [6, 6.07) is 37.5. The number of fused-ring (bicyclic) bond motifs is 1. The molecule has 0 atom stereocenters. The van der Waals surface area contributed by atoms with Crippen molar-refractivity contribution < 1.29 is 4.79 Å². The number of para-hydroxylation sites is 2. The molecule has 37 heavy (non-hydrogen) atoms. The molecule has 5 aromatic rings. The van der Waals surface area contributed by atoms with Crippen LogP contribution in [0.2, 0.25) is 0 Å². The van der Waals surface area contributed by atoms with Crippen molar-refractivity contribution in [2.75, 3.05) is 6.54 Å². The minimum Gasteiger partial charge on any atom is -0.356 e. The van der Waals surface area contributed by atoms with E-state index in [0.717, 1.165) is 54.7 Å². The van der Waals surface area contributed by atoms with Crippen LogP contribution in [0.4, 0.5) is 0 Å². The molecule has 0 saturated heterocycles. The predicted molar refractivity (Wildman–Crippen MR) is 151 cm³/mol. The van der Waals surface area contributed by atoms with E-state index in [4.69, 9.17) is 4.98 Å². The lowest BCUT2D eigenvalue weighted by molar-refractivity contribution is -0.120. The molecular formula is C33H33N3O. The Kier molecular flexibility index (Phi) is 8.07. The van der Waals surface area contributed by atoms with Crippen molar-refractivity contribution in [3.63, 3.8) is 0 Å². The lowest BCUT2D eigenvalue weighted by Gasteiger charge is -2.10. The Morgan fingerprint density at radius 3 is 2.14 bits per heavy atom. The molecule has 0 bridgehead atoms. The Balaban J connectivity index is 1.12. The summed E-state index contributed by atoms with van der Waals surface area (Å²) in [6.45, 7) is 1.59. The van der Waals surface area contributed by atoms with Crippen molar-refractivity contribution in [3.8, 4) is 11.1 Å². The first-order valence-corrected chi connectivity index (χ1v) is 13.2. The molecule has 1 N–H and O–H groups in total. The number of rotatable bonds is 11. The van der Waals surface area contributed by atoms with Gasteiger partial charge in [-0.1, -0.05) is 97.1 Å². The minimum atomic E-state index is 0.0591. The number of carbonyl (C=O) groups excluding carboxylic acids is 1. The van der Waals surface area contributed by atoms with Crippen LogP contribution in [0.3, 0.4) is 0 Å². The van der Waals surface area contributed by atoms with Crippen molar-refractivity contribution in [1.29, 1.82) is 0 Å². The molecule has 0 aliphatic heterocycles. The Hall–Kier alpha value is -4.18. The second-order valence-corrected chi connectivity index (χ2v) is 9.45. The summed E-state index contributed by atoms with van der Waals surface area (Å²) < 4.78 is 2.36. The van der Waals surface area contributed by atoms with Gasteiger partial charge in [0.2, 0.25) is 5.91 Å². The maximum Gasteiger partial charge on any atom is 0.224 e. The monoisotopic (exact) mass is 487 g/mol. The fraction of sp³-hybridized carbons (Fsp3) is 0.212. The number of amides is 1. The fourth-order valence-electron chi connectivity index (χ4n) is 4.82. The molecule has 1 aromatic heterocycles. The minimum absolute atomic E-state index is 0.0591. The molecule has 0 aliphatic carbocycles. The molecule has 4 heteroatoms. The van der Waals surface area contributed by atoms with Crippen LogP contribution in [0.15, 0.2) is 109 Å². The second kappa shape index (κ2) is 12.2. The van der Waals surface area contributed by atoms with Gasteiger partial charge in [0, 0.05) is 19.5 Å². The van der Waals surface area contributed by atoms with Crippen LogP contribution in [0, 0.1) is 0 Å². The molecule has 0 saturated carbocycles. The third-order valence-electron chi connectivity index (χ3n) is 6.75. The zero-order valence-corrected chi connectivity index (χ0v) is 21.1. The van der Waals surface area contributed by atoms with Gasteiger partial charge in [0.1, 0.15) is 5.82 Å². The summed E-state index contributed by atoms with van der Waals surface area (Å²) >= 11 is 0. The Bertz CT molecular complexity index is 1420. The van der Waals surface area contributed by atoms with Gasteiger partial charge in [0.25, 0.3) is 0 Å². The van der Waals surface area contributed by atoms with Crippen LogP contribution < -0.4 is 5.32 Å². The predicted octanol–water partition coefficient (Wildman–Crippen LogP) is 6.63. The molecule has 1 heterocycles. The lowest BCUT2D eigenvalue weighted by atomic mass is 10.0. The summed E-state index contributed by atoms with van der Waals surface area (Å²) in [5.41, 5.74) is 6.97. The van der Waals surface area contributed by atoms with Gasteiger partial charge in [0.05, 0.1) is 17.5 Å². The molecule has 0 fully saturated rings. The van der Waals surface area contributed by atoms with Gasteiger partial charge in [-0.25, -0.2) is 4.98 Å². The average Bonchev–Trinajstić information content (AvgIpc) is 3.30. The van der Waals surface area contributed by atoms with E-state index in [1.54, 1.807) is 0 Å². The molecule has 4 aromatic carbocycles. The zero-order chi connectivity index (χ0) is 25.3. The van der Waals surface area contributed by atoms with Gasteiger partial charge >= 0.3 is 0 Å². The van der Waals surface area contributed by atoms with Crippen LogP contribution in [0.1, 0.15) is 29.8 Å². The summed E-state index contributed by atoms with van der Waals surface area (Å²) in [6.07, 6.45) is 4.21. The molecule has 186 valence electrons. The van der Waals surface area contributed by atoms with Gasteiger partial charge in [-0.2, -0.15) is 0 Å². The number of aromatic nitrogens is 2. The van der Waals surface area contributed by atoms with Crippen molar-refractivity contribution in [3.05, 3.63) is 126 Å². The SMILES string of the molecule is O=C(Cc1ccc(-c2ccccc2)cc1)NCCCc1nc2ccccc2n1CCCc1ccccc1. The highest BCUT2D eigenvalue weighted by Crippen LogP contribution is 2.20. The van der Waals surface area contributed by atoms with Crippen molar-refractivity contribution >= 4 is 16.9 Å². The van der Waals surface area contributed by atoms with Crippen LogP contribution in [0.5, 0.6) is 0 Å². The van der Waals surface area contributed by atoms with E-state index in [1.165, 1.54) is 16.6 Å². The molecule has 0 radical (unpaired) electrons. The quantitative estimate of drug-likeness (QED) is 0.213. The lowest BCUT2D eigenvalue weighted by Crippen LogP contribution is -2.26. The summed E-state index contributed by atoms with van der Waals surface area (Å²) in [5, 5.41) is 3.09. The highest BCUT2D eigenvalue weighted by atomic mass is 16.1. The van der Waals surface area contributed by atoms with E-state index in [-0.39, 0.29) is 5.91 Å². The van der Waals surface area contributed by atoms with E-state index in [1.807, 2.05) is 36.4 Å². The number of aryl methyl sites for hydroxylation is 3. The topological polar surface area (TPSA) is 46.9 Å². The molecule has 5 rings (SSSR count). The number of imidazole rings is 1. The first-order chi connectivity index (χ1) is 18.3. The number of carbonyl (C=O) groups is 1. The van der Waals surface area contributed by atoms with Crippen LogP contribution in [0.25, 0.3) is 22.2 Å². The zero-order valence-electron chi connectivity index (χ0n) is 21.1. The summed E-state index contributed by atoms with van der Waals surface area (Å²) in [4.78, 5) is 17.4. The standard InChI is InChI=1S/C33H33N3O/c37-33(25-27-19-21-29(22-20-27)28-14-5-2-6-15-28)34-23-9-18-32-35-30-16-7-8-17-31(30)36(32)24-10-13-26-11-3-1-4-12-26/h1-8,11-12,14-17,19-22H,9-10,13,18,23-25H2,(H,34,37). The van der Waals surface area contributed by atoms with E-state index in [0.29, 0.717) is 13.0 Å². The highest BCUT2D eigenvalue weighted by molar-refractivity contribution is 5.79. The van der Waals surface area contributed by atoms with E-state index in [2.05, 4.69) is 82.7 Å². The Morgan fingerprint density at radius 2 is 1.35 bits per heavy atom. The van der Waals surface area contributed by atoms with Gasteiger partial charge in [0.15, 0.2) is 0 Å². The number of hydrogen-bond acceptors (Lipinski definition) is 2. The fourth-order valence-corrected chi connectivity index (χ4v) is 4.82. The van der Waals surface area contributed by atoms with E-state index in [9.17, 15) is 4.79 Å². The highest BCUT2D eigenvalue weighted by Gasteiger charge is 2.11. The number of nitrogens with zero attached hydrogens (tertiary/aromatic N) is 2. The van der Waals surface area contributed by atoms with Gasteiger partial charge in [-0.05, 0) is 53.6 Å². The van der Waals surface area contributed by atoms with E-state index >= 15 is 0 Å². The first kappa shape index (κ1) is 24.5. The third kappa shape index (κ3) is 6.53. The van der Waals surface area contributed by atoms with E-state index < -0.39 is 0 Å². The normalized spacial score (nSPS) is 11.0. The number of hydrogen-bond donors (Lipinski definition) is 1. The van der Waals surface area contributed by atoms with Crippen molar-refractivity contribution in [2.24, 2.45) is 0 Å². The third-order valence-corrected chi connectivity index (χ3v) is 6.75.